The van der Waals surface area contributed by atoms with Crippen LogP contribution in [0.15, 0.2) is 24.3 Å². The summed E-state index contributed by atoms with van der Waals surface area (Å²) in [5, 5.41) is 10.7. The normalized spacial score (nSPS) is 11.7. The highest BCUT2D eigenvalue weighted by Crippen LogP contribution is 2.23. The molecule has 0 aliphatic rings. The zero-order chi connectivity index (χ0) is 14.4. The van der Waals surface area contributed by atoms with Crippen molar-refractivity contribution in [1.82, 2.24) is 0 Å². The maximum atomic E-state index is 11.5. The summed E-state index contributed by atoms with van der Waals surface area (Å²) in [6, 6.07) is 6.03. The van der Waals surface area contributed by atoms with Gasteiger partial charge in [0, 0.05) is 18.6 Å². The van der Waals surface area contributed by atoms with Gasteiger partial charge in [-0.1, -0.05) is 19.1 Å². The second-order valence-corrected chi connectivity index (χ2v) is 4.10. The Bertz CT molecular complexity index is 498. The van der Waals surface area contributed by atoms with Crippen molar-refractivity contribution in [2.45, 2.75) is 26.2 Å². The lowest BCUT2D eigenvalue weighted by Gasteiger charge is -2.10. The second-order valence-electron chi connectivity index (χ2n) is 4.10. The number of nitro benzene ring substituents is 1. The van der Waals surface area contributed by atoms with Crippen molar-refractivity contribution in [3.8, 4) is 0 Å². The summed E-state index contributed by atoms with van der Waals surface area (Å²) in [6.45, 7) is 3.50. The van der Waals surface area contributed by atoms with Crippen molar-refractivity contribution in [3.05, 3.63) is 39.9 Å². The van der Waals surface area contributed by atoms with Gasteiger partial charge in [-0.05, 0) is 18.4 Å². The lowest BCUT2D eigenvalue weighted by molar-refractivity contribution is -0.384. The van der Waals surface area contributed by atoms with E-state index in [1.807, 2.05) is 0 Å². The molecule has 0 amide bonds. The van der Waals surface area contributed by atoms with Gasteiger partial charge in [0.2, 0.25) is 5.78 Å². The van der Waals surface area contributed by atoms with Gasteiger partial charge in [-0.3, -0.25) is 14.9 Å². The minimum Gasteiger partial charge on any atom is -0.460 e. The van der Waals surface area contributed by atoms with Crippen LogP contribution in [0.25, 0.3) is 0 Å². The van der Waals surface area contributed by atoms with Crippen LogP contribution in [0.1, 0.15) is 31.7 Å². The first-order chi connectivity index (χ1) is 8.95. The molecular weight excluding hydrogens is 250 g/mol. The molecule has 0 heterocycles. The monoisotopic (exact) mass is 265 g/mol. The van der Waals surface area contributed by atoms with Crippen LogP contribution in [0.3, 0.4) is 0 Å². The Balaban J connectivity index is 2.75. The number of esters is 1. The Morgan fingerprint density at radius 2 is 2.11 bits per heavy atom. The van der Waals surface area contributed by atoms with Crippen LogP contribution in [0.2, 0.25) is 0 Å². The summed E-state index contributed by atoms with van der Waals surface area (Å²) in [5.41, 5.74) is 0.611. The number of non-ortho nitro benzene ring substituents is 1. The summed E-state index contributed by atoms with van der Waals surface area (Å²) in [6.07, 6.45) is -0.0278. The minimum atomic E-state index is -0.861. The molecule has 0 bridgehead atoms. The molecule has 1 rings (SSSR count). The average molecular weight is 265 g/mol. The van der Waals surface area contributed by atoms with Crippen LogP contribution in [0.5, 0.6) is 0 Å². The van der Waals surface area contributed by atoms with Gasteiger partial charge < -0.3 is 4.74 Å². The molecule has 0 radical (unpaired) electrons. The number of rotatable bonds is 6. The van der Waals surface area contributed by atoms with Crippen molar-refractivity contribution in [3.63, 3.8) is 0 Å². The second kappa shape index (κ2) is 6.63. The zero-order valence-corrected chi connectivity index (χ0v) is 10.8. The lowest BCUT2D eigenvalue weighted by atomic mass is 9.95. The summed E-state index contributed by atoms with van der Waals surface area (Å²) >= 11 is 0. The summed E-state index contributed by atoms with van der Waals surface area (Å²) < 4.78 is 4.61. The van der Waals surface area contributed by atoms with Crippen molar-refractivity contribution < 1.29 is 19.2 Å². The lowest BCUT2D eigenvalue weighted by Crippen LogP contribution is -2.19. The highest BCUT2D eigenvalue weighted by atomic mass is 16.6. The number of carbonyl (C=O) groups is 2. The zero-order valence-electron chi connectivity index (χ0n) is 10.8. The largest absolute Gasteiger partial charge is 0.460 e. The molecule has 0 aromatic heterocycles. The SMILES string of the molecule is CCOC(=O)C(=O)CC(C)c1cccc([N+](=O)[O-])c1. The first-order valence-electron chi connectivity index (χ1n) is 5.90. The third-order valence-electron chi connectivity index (χ3n) is 2.64. The van der Waals surface area contributed by atoms with Gasteiger partial charge in [-0.2, -0.15) is 0 Å². The van der Waals surface area contributed by atoms with Crippen LogP contribution in [0, 0.1) is 10.1 Å². The van der Waals surface area contributed by atoms with Crippen LogP contribution >= 0.6 is 0 Å². The molecule has 6 nitrogen and oxygen atoms in total. The Morgan fingerprint density at radius 3 is 2.68 bits per heavy atom. The Kier molecular flexibility index (Phi) is 5.17. The van der Waals surface area contributed by atoms with E-state index in [2.05, 4.69) is 4.74 Å². The highest BCUT2D eigenvalue weighted by Gasteiger charge is 2.20. The topological polar surface area (TPSA) is 86.5 Å². The smallest absolute Gasteiger partial charge is 0.374 e. The number of ether oxygens (including phenoxy) is 1. The molecule has 0 saturated heterocycles. The first-order valence-corrected chi connectivity index (χ1v) is 5.90. The number of benzene rings is 1. The molecule has 0 spiro atoms. The number of nitro groups is 1. The number of hydrogen-bond donors (Lipinski definition) is 0. The van der Waals surface area contributed by atoms with E-state index in [0.29, 0.717) is 5.56 Å². The van der Waals surface area contributed by atoms with E-state index in [1.54, 1.807) is 26.0 Å². The number of carbonyl (C=O) groups excluding carboxylic acids is 2. The number of ketones is 1. The summed E-state index contributed by atoms with van der Waals surface area (Å²) in [7, 11) is 0. The van der Waals surface area contributed by atoms with Crippen LogP contribution in [-0.2, 0) is 14.3 Å². The van der Waals surface area contributed by atoms with E-state index in [0.717, 1.165) is 0 Å². The van der Waals surface area contributed by atoms with Crippen molar-refractivity contribution in [2.75, 3.05) is 6.61 Å². The molecule has 102 valence electrons. The standard InChI is InChI=1S/C13H15NO5/c1-3-19-13(16)12(15)7-9(2)10-5-4-6-11(8-10)14(17)18/h4-6,8-9H,3,7H2,1-2H3. The van der Waals surface area contributed by atoms with Gasteiger partial charge in [0.1, 0.15) is 0 Å². The van der Waals surface area contributed by atoms with Crippen molar-refractivity contribution >= 4 is 17.4 Å². The summed E-state index contributed by atoms with van der Waals surface area (Å²) in [5.74, 6) is -1.77. The highest BCUT2D eigenvalue weighted by molar-refractivity contribution is 6.33. The summed E-state index contributed by atoms with van der Waals surface area (Å²) in [4.78, 5) is 32.9. The van der Waals surface area contributed by atoms with Crippen LogP contribution < -0.4 is 0 Å². The molecule has 1 atom stereocenters. The fourth-order valence-electron chi connectivity index (χ4n) is 1.64. The number of nitrogens with zero attached hydrogens (tertiary/aromatic N) is 1. The molecule has 0 fully saturated rings. The maximum absolute atomic E-state index is 11.5. The van der Waals surface area contributed by atoms with Crippen LogP contribution in [-0.4, -0.2) is 23.3 Å². The van der Waals surface area contributed by atoms with Gasteiger partial charge in [0.25, 0.3) is 5.69 Å². The third-order valence-corrected chi connectivity index (χ3v) is 2.64. The van der Waals surface area contributed by atoms with E-state index in [9.17, 15) is 19.7 Å². The number of hydrogen-bond acceptors (Lipinski definition) is 5. The van der Waals surface area contributed by atoms with Gasteiger partial charge in [0.15, 0.2) is 0 Å². The molecule has 1 unspecified atom stereocenters. The molecule has 6 heteroatoms. The predicted octanol–water partition coefficient (Wildman–Crippen LogP) is 2.22. The van der Waals surface area contributed by atoms with E-state index < -0.39 is 16.7 Å². The van der Waals surface area contributed by atoms with Crippen molar-refractivity contribution in [2.24, 2.45) is 0 Å². The molecule has 0 saturated carbocycles. The number of Topliss-reactive ketones (excluding diaryl/α,β-unsaturated/α-hetero) is 1. The van der Waals surface area contributed by atoms with E-state index in [-0.39, 0.29) is 24.6 Å². The Morgan fingerprint density at radius 1 is 1.42 bits per heavy atom. The van der Waals surface area contributed by atoms with Gasteiger partial charge in [0.05, 0.1) is 11.5 Å². The minimum absolute atomic E-state index is 0.0278. The van der Waals surface area contributed by atoms with Gasteiger partial charge >= 0.3 is 5.97 Å². The van der Waals surface area contributed by atoms with E-state index in [4.69, 9.17) is 0 Å². The molecule has 0 N–H and O–H groups in total. The molecule has 1 aromatic rings. The first kappa shape index (κ1) is 14.8. The fourth-order valence-corrected chi connectivity index (χ4v) is 1.64. The fraction of sp³-hybridized carbons (Fsp3) is 0.385. The Labute approximate surface area is 110 Å². The third kappa shape index (κ3) is 4.17. The molecule has 19 heavy (non-hydrogen) atoms. The average Bonchev–Trinajstić information content (AvgIpc) is 2.39. The van der Waals surface area contributed by atoms with Crippen molar-refractivity contribution in [1.29, 1.82) is 0 Å². The molecule has 1 aromatic carbocycles. The van der Waals surface area contributed by atoms with Gasteiger partial charge in [-0.25, -0.2) is 4.79 Å². The molecule has 0 aliphatic carbocycles. The Hall–Kier alpha value is -2.24. The van der Waals surface area contributed by atoms with Gasteiger partial charge in [-0.15, -0.1) is 0 Å². The van der Waals surface area contributed by atoms with E-state index >= 15 is 0 Å². The quantitative estimate of drug-likeness (QED) is 0.340. The molecule has 0 aliphatic heterocycles. The van der Waals surface area contributed by atoms with E-state index in [1.165, 1.54) is 12.1 Å². The maximum Gasteiger partial charge on any atom is 0.374 e. The van der Waals surface area contributed by atoms with Crippen LogP contribution in [0.4, 0.5) is 5.69 Å². The predicted molar refractivity (Wildman–Crippen MR) is 67.8 cm³/mol. The molecular formula is C13H15NO5.